The molecule has 2 atom stereocenters. The van der Waals surface area contributed by atoms with Gasteiger partial charge in [-0.15, -0.1) is 0 Å². The Hall–Kier alpha value is -1.32. The summed E-state index contributed by atoms with van der Waals surface area (Å²) in [4.78, 5) is 15.4. The summed E-state index contributed by atoms with van der Waals surface area (Å²) in [7, 11) is 1.97. The first kappa shape index (κ1) is 16.2. The Balaban J connectivity index is 1.55. The summed E-state index contributed by atoms with van der Waals surface area (Å²) in [5.41, 5.74) is 1.66. The van der Waals surface area contributed by atoms with Gasteiger partial charge in [0.25, 0.3) is 0 Å². The maximum atomic E-state index is 13.5. The van der Waals surface area contributed by atoms with Crippen LogP contribution in [0.3, 0.4) is 0 Å². The molecule has 1 amide bonds. The Kier molecular flexibility index (Phi) is 3.43. The lowest BCUT2D eigenvalue weighted by Gasteiger charge is -2.65. The second kappa shape index (κ2) is 5.09. The van der Waals surface area contributed by atoms with E-state index in [0.717, 1.165) is 37.4 Å². The third-order valence-corrected chi connectivity index (χ3v) is 6.85. The Morgan fingerprint density at radius 3 is 2.46 bits per heavy atom. The van der Waals surface area contributed by atoms with Crippen LogP contribution in [0.15, 0.2) is 12.3 Å². The third kappa shape index (κ3) is 2.49. The first-order chi connectivity index (χ1) is 11.2. The zero-order valence-corrected chi connectivity index (χ0v) is 15.6. The Morgan fingerprint density at radius 1 is 1.25 bits per heavy atom. The molecule has 0 spiro atoms. The molecule has 24 heavy (non-hydrogen) atoms. The molecule has 5 rings (SSSR count). The number of aromatic nitrogens is 2. The van der Waals surface area contributed by atoms with E-state index in [-0.39, 0.29) is 5.41 Å². The number of carbonyl (C=O) groups is 1. The molecule has 1 aromatic heterocycles. The highest BCUT2D eigenvalue weighted by atomic mass is 16.2. The third-order valence-electron chi connectivity index (χ3n) is 6.85. The van der Waals surface area contributed by atoms with E-state index in [0.29, 0.717) is 23.3 Å². The first-order valence-corrected chi connectivity index (χ1v) is 9.53. The molecule has 4 aliphatic carbocycles. The smallest absolute Gasteiger partial charge is 0.228 e. The Morgan fingerprint density at radius 2 is 1.92 bits per heavy atom. The van der Waals surface area contributed by atoms with Gasteiger partial charge in [0.05, 0.1) is 17.7 Å². The molecule has 1 heterocycles. The summed E-state index contributed by atoms with van der Waals surface area (Å²) in [6.45, 7) is 8.45. The molecule has 1 aromatic rings. The van der Waals surface area contributed by atoms with Gasteiger partial charge in [-0.2, -0.15) is 5.10 Å². The molecule has 0 aromatic carbocycles. The SMILES string of the molecule is CCn1ccc(CN(C)C(=O)C23CC4CC(C)(CC(C)(C4)C2)C3)n1. The average Bonchev–Trinajstić information content (AvgIpc) is 2.90. The van der Waals surface area contributed by atoms with Gasteiger partial charge in [0.2, 0.25) is 5.91 Å². The summed E-state index contributed by atoms with van der Waals surface area (Å²) in [6, 6.07) is 2.04. The minimum Gasteiger partial charge on any atom is -0.339 e. The van der Waals surface area contributed by atoms with E-state index in [4.69, 9.17) is 0 Å². The number of nitrogens with zero attached hydrogens (tertiary/aromatic N) is 3. The normalized spacial score (nSPS) is 40.1. The van der Waals surface area contributed by atoms with Gasteiger partial charge in [0, 0.05) is 19.8 Å². The molecule has 4 aliphatic rings. The number of hydrogen-bond acceptors (Lipinski definition) is 2. The molecule has 4 saturated carbocycles. The van der Waals surface area contributed by atoms with Gasteiger partial charge in [-0.25, -0.2) is 0 Å². The standard InChI is InChI=1S/C20H31N3O/c1-5-23-7-6-16(21-23)11-22(4)17(24)20-10-15-8-18(2,13-20)12-19(3,9-15)14-20/h6-7,15H,5,8-14H2,1-4H3. The van der Waals surface area contributed by atoms with E-state index in [2.05, 4.69) is 25.9 Å². The molecule has 132 valence electrons. The van der Waals surface area contributed by atoms with Crippen LogP contribution in [0.25, 0.3) is 0 Å². The highest BCUT2D eigenvalue weighted by Gasteiger charge is 2.63. The fraction of sp³-hybridized carbons (Fsp3) is 0.800. The number of rotatable bonds is 4. The van der Waals surface area contributed by atoms with Crippen LogP contribution in [0.1, 0.15) is 65.0 Å². The molecule has 2 unspecified atom stereocenters. The van der Waals surface area contributed by atoms with Gasteiger partial charge in [-0.1, -0.05) is 13.8 Å². The van der Waals surface area contributed by atoms with Gasteiger partial charge in [-0.05, 0) is 68.3 Å². The van der Waals surface area contributed by atoms with Crippen molar-refractivity contribution in [3.05, 3.63) is 18.0 Å². The summed E-state index contributed by atoms with van der Waals surface area (Å²) in [5.74, 6) is 1.13. The van der Waals surface area contributed by atoms with Crippen molar-refractivity contribution in [3.8, 4) is 0 Å². The lowest BCUT2D eigenvalue weighted by atomic mass is 9.40. The molecule has 0 saturated heterocycles. The zero-order chi connectivity index (χ0) is 17.2. The van der Waals surface area contributed by atoms with Crippen molar-refractivity contribution in [1.82, 2.24) is 14.7 Å². The van der Waals surface area contributed by atoms with Crippen LogP contribution >= 0.6 is 0 Å². The van der Waals surface area contributed by atoms with E-state index in [1.807, 2.05) is 28.9 Å². The molecule has 0 N–H and O–H groups in total. The number of carbonyl (C=O) groups excluding carboxylic acids is 1. The first-order valence-electron chi connectivity index (χ1n) is 9.53. The molecular weight excluding hydrogens is 298 g/mol. The summed E-state index contributed by atoms with van der Waals surface area (Å²) in [6.07, 6.45) is 9.29. The number of amides is 1. The van der Waals surface area contributed by atoms with Crippen LogP contribution in [0.2, 0.25) is 0 Å². The number of aryl methyl sites for hydroxylation is 1. The quantitative estimate of drug-likeness (QED) is 0.841. The largest absolute Gasteiger partial charge is 0.339 e. The Bertz CT molecular complexity index is 646. The topological polar surface area (TPSA) is 38.1 Å². The predicted octanol–water partition coefficient (Wildman–Crippen LogP) is 3.86. The average molecular weight is 329 g/mol. The lowest BCUT2D eigenvalue weighted by molar-refractivity contribution is -0.178. The van der Waals surface area contributed by atoms with Crippen LogP contribution < -0.4 is 0 Å². The summed E-state index contributed by atoms with van der Waals surface area (Å²) < 4.78 is 1.93. The maximum Gasteiger partial charge on any atom is 0.228 e. The fourth-order valence-electron chi connectivity index (χ4n) is 7.07. The molecule has 4 fully saturated rings. The zero-order valence-electron chi connectivity index (χ0n) is 15.6. The summed E-state index contributed by atoms with van der Waals surface area (Å²) >= 11 is 0. The molecular formula is C20H31N3O. The second-order valence-electron chi connectivity index (χ2n) is 9.73. The Labute approximate surface area is 145 Å². The number of hydrogen-bond donors (Lipinski definition) is 0. The molecule has 0 radical (unpaired) electrons. The van der Waals surface area contributed by atoms with Crippen molar-refractivity contribution in [2.24, 2.45) is 22.2 Å². The van der Waals surface area contributed by atoms with Gasteiger partial charge in [0.1, 0.15) is 0 Å². The van der Waals surface area contributed by atoms with Gasteiger partial charge in [0.15, 0.2) is 0 Å². The molecule has 4 nitrogen and oxygen atoms in total. The maximum absolute atomic E-state index is 13.5. The van der Waals surface area contributed by atoms with Crippen molar-refractivity contribution in [3.63, 3.8) is 0 Å². The van der Waals surface area contributed by atoms with E-state index in [1.165, 1.54) is 19.3 Å². The summed E-state index contributed by atoms with van der Waals surface area (Å²) in [5, 5.41) is 4.55. The molecule has 0 aliphatic heterocycles. The molecule has 4 heteroatoms. The van der Waals surface area contributed by atoms with Crippen LogP contribution in [-0.4, -0.2) is 27.6 Å². The fourth-order valence-corrected chi connectivity index (χ4v) is 7.07. The van der Waals surface area contributed by atoms with Gasteiger partial charge < -0.3 is 4.90 Å². The van der Waals surface area contributed by atoms with Crippen molar-refractivity contribution in [2.75, 3.05) is 7.05 Å². The van der Waals surface area contributed by atoms with Gasteiger partial charge in [-0.3, -0.25) is 9.48 Å². The highest BCUT2D eigenvalue weighted by molar-refractivity contribution is 5.83. The van der Waals surface area contributed by atoms with Crippen molar-refractivity contribution in [1.29, 1.82) is 0 Å². The van der Waals surface area contributed by atoms with Crippen LogP contribution in [0.4, 0.5) is 0 Å². The minimum atomic E-state index is -0.106. The highest BCUT2D eigenvalue weighted by Crippen LogP contribution is 2.69. The lowest BCUT2D eigenvalue weighted by Crippen LogP contribution is -2.59. The predicted molar refractivity (Wildman–Crippen MR) is 94.2 cm³/mol. The van der Waals surface area contributed by atoms with Crippen LogP contribution in [0, 0.1) is 22.2 Å². The van der Waals surface area contributed by atoms with E-state index in [1.54, 1.807) is 0 Å². The second-order valence-corrected chi connectivity index (χ2v) is 9.73. The van der Waals surface area contributed by atoms with E-state index < -0.39 is 0 Å². The van der Waals surface area contributed by atoms with Gasteiger partial charge >= 0.3 is 0 Å². The van der Waals surface area contributed by atoms with E-state index >= 15 is 0 Å². The van der Waals surface area contributed by atoms with Crippen molar-refractivity contribution in [2.45, 2.75) is 72.4 Å². The minimum absolute atomic E-state index is 0.106. The molecule has 4 bridgehead atoms. The monoisotopic (exact) mass is 329 g/mol. The van der Waals surface area contributed by atoms with Crippen molar-refractivity contribution >= 4 is 5.91 Å². The van der Waals surface area contributed by atoms with Crippen molar-refractivity contribution < 1.29 is 4.79 Å². The van der Waals surface area contributed by atoms with Crippen LogP contribution in [-0.2, 0) is 17.9 Å². The van der Waals surface area contributed by atoms with E-state index in [9.17, 15) is 4.79 Å². The van der Waals surface area contributed by atoms with Crippen LogP contribution in [0.5, 0.6) is 0 Å².